The number of anilines is 1. The van der Waals surface area contributed by atoms with Crippen molar-refractivity contribution in [3.8, 4) is 0 Å². The fraction of sp³-hybridized carbons (Fsp3) is 0.538. The molecular formula is C13H18N2O7. The number of aliphatic hydroxyl groups is 4. The van der Waals surface area contributed by atoms with Crippen LogP contribution >= 0.6 is 0 Å². The van der Waals surface area contributed by atoms with Crippen LogP contribution in [0, 0.1) is 17.0 Å². The van der Waals surface area contributed by atoms with E-state index in [0.717, 1.165) is 0 Å². The lowest BCUT2D eigenvalue weighted by molar-refractivity contribution is -0.384. The number of nitro groups is 1. The largest absolute Gasteiger partial charge is 0.394 e. The van der Waals surface area contributed by atoms with Crippen molar-refractivity contribution in [3.05, 3.63) is 33.9 Å². The minimum Gasteiger partial charge on any atom is -0.394 e. The molecule has 1 fully saturated rings. The van der Waals surface area contributed by atoms with Crippen molar-refractivity contribution in [2.24, 2.45) is 0 Å². The molecule has 1 saturated heterocycles. The van der Waals surface area contributed by atoms with E-state index in [1.807, 2.05) is 0 Å². The summed E-state index contributed by atoms with van der Waals surface area (Å²) in [5.74, 6) is 0. The van der Waals surface area contributed by atoms with Crippen LogP contribution in [0.5, 0.6) is 0 Å². The highest BCUT2D eigenvalue weighted by Gasteiger charge is 2.43. The maximum atomic E-state index is 10.8. The number of nitrogens with one attached hydrogen (secondary N) is 1. The van der Waals surface area contributed by atoms with Gasteiger partial charge in [0.25, 0.3) is 5.69 Å². The Morgan fingerprint density at radius 1 is 1.27 bits per heavy atom. The topological polar surface area (TPSA) is 145 Å². The highest BCUT2D eigenvalue weighted by atomic mass is 16.6. The Bertz CT molecular complexity index is 551. The summed E-state index contributed by atoms with van der Waals surface area (Å²) >= 11 is 0. The molecule has 5 atom stereocenters. The van der Waals surface area contributed by atoms with Crippen LogP contribution < -0.4 is 5.32 Å². The quantitative estimate of drug-likeness (QED) is 0.355. The fourth-order valence-corrected chi connectivity index (χ4v) is 2.25. The summed E-state index contributed by atoms with van der Waals surface area (Å²) in [6.07, 6.45) is -6.60. The van der Waals surface area contributed by atoms with Crippen LogP contribution in [0.25, 0.3) is 0 Å². The zero-order valence-electron chi connectivity index (χ0n) is 11.8. The predicted octanol–water partition coefficient (Wildman–Crippen LogP) is -0.885. The maximum Gasteiger partial charge on any atom is 0.271 e. The highest BCUT2D eigenvalue weighted by Crippen LogP contribution is 2.27. The minimum absolute atomic E-state index is 0.141. The summed E-state index contributed by atoms with van der Waals surface area (Å²) in [6.45, 7) is 1.16. The third-order valence-corrected chi connectivity index (χ3v) is 3.62. The Hall–Kier alpha value is -1.78. The highest BCUT2D eigenvalue weighted by molar-refractivity contribution is 5.57. The lowest BCUT2D eigenvalue weighted by atomic mass is 9.98. The van der Waals surface area contributed by atoms with Gasteiger partial charge in [0.05, 0.1) is 11.5 Å². The predicted molar refractivity (Wildman–Crippen MR) is 75.2 cm³/mol. The van der Waals surface area contributed by atoms with Crippen molar-refractivity contribution in [2.45, 2.75) is 37.6 Å². The SMILES string of the molecule is Cc1ccc([N+](=O)[O-])cc1N[C@@H]1O[C@@H](CO)[C@@H](O)[C@@H](O)[C@@H]1O. The van der Waals surface area contributed by atoms with Gasteiger partial charge in [-0.05, 0) is 12.5 Å². The van der Waals surface area contributed by atoms with Crippen LogP contribution in [-0.2, 0) is 4.74 Å². The molecule has 22 heavy (non-hydrogen) atoms. The zero-order chi connectivity index (χ0) is 16.4. The molecule has 5 N–H and O–H groups in total. The van der Waals surface area contributed by atoms with Gasteiger partial charge in [0.2, 0.25) is 0 Å². The van der Waals surface area contributed by atoms with Gasteiger partial charge in [-0.2, -0.15) is 0 Å². The van der Waals surface area contributed by atoms with Gasteiger partial charge >= 0.3 is 0 Å². The van der Waals surface area contributed by atoms with E-state index in [1.54, 1.807) is 6.92 Å². The van der Waals surface area contributed by atoms with E-state index in [1.165, 1.54) is 18.2 Å². The molecule has 1 aliphatic rings. The van der Waals surface area contributed by atoms with Gasteiger partial charge in [-0.15, -0.1) is 0 Å². The second-order valence-corrected chi connectivity index (χ2v) is 5.15. The molecule has 0 amide bonds. The number of nitro benzene ring substituents is 1. The van der Waals surface area contributed by atoms with E-state index in [-0.39, 0.29) is 5.69 Å². The third kappa shape index (κ3) is 3.18. The lowest BCUT2D eigenvalue weighted by Crippen LogP contribution is -2.60. The van der Waals surface area contributed by atoms with Crippen molar-refractivity contribution in [3.63, 3.8) is 0 Å². The van der Waals surface area contributed by atoms with Gasteiger partial charge in [-0.25, -0.2) is 0 Å². The first kappa shape index (κ1) is 16.6. The monoisotopic (exact) mass is 314 g/mol. The standard InChI is InChI=1S/C13H18N2O7/c1-6-2-3-7(15(20)21)4-8(6)14-13-12(19)11(18)10(17)9(5-16)22-13/h2-4,9-14,16-19H,5H2,1H3/t9-,10+,11+,12-,13+/m0/s1. The van der Waals surface area contributed by atoms with Crippen molar-refractivity contribution in [2.75, 3.05) is 11.9 Å². The first-order valence-corrected chi connectivity index (χ1v) is 6.67. The number of aliphatic hydroxyl groups excluding tert-OH is 4. The van der Waals surface area contributed by atoms with Crippen LogP contribution in [-0.4, -0.2) is 62.6 Å². The van der Waals surface area contributed by atoms with Crippen LogP contribution in [0.1, 0.15) is 5.56 Å². The van der Waals surface area contributed by atoms with E-state index in [9.17, 15) is 25.4 Å². The molecular weight excluding hydrogens is 296 g/mol. The molecule has 1 aromatic carbocycles. The summed E-state index contributed by atoms with van der Waals surface area (Å²) in [5, 5.41) is 52.0. The molecule has 2 rings (SSSR count). The summed E-state index contributed by atoms with van der Waals surface area (Å²) in [7, 11) is 0. The van der Waals surface area contributed by atoms with E-state index < -0.39 is 42.2 Å². The first-order chi connectivity index (χ1) is 10.3. The number of benzene rings is 1. The van der Waals surface area contributed by atoms with Crippen molar-refractivity contribution < 1.29 is 30.1 Å². The van der Waals surface area contributed by atoms with Gasteiger partial charge in [0.15, 0.2) is 6.23 Å². The van der Waals surface area contributed by atoms with Gasteiger partial charge < -0.3 is 30.5 Å². The number of aryl methyl sites for hydroxylation is 1. The third-order valence-electron chi connectivity index (χ3n) is 3.62. The Morgan fingerprint density at radius 2 is 1.95 bits per heavy atom. The second-order valence-electron chi connectivity index (χ2n) is 5.15. The number of hydrogen-bond donors (Lipinski definition) is 5. The van der Waals surface area contributed by atoms with Crippen LogP contribution in [0.4, 0.5) is 11.4 Å². The molecule has 1 aliphatic heterocycles. The molecule has 0 bridgehead atoms. The number of ether oxygens (including phenoxy) is 1. The number of non-ortho nitro benzene ring substituents is 1. The number of nitrogens with zero attached hydrogens (tertiary/aromatic N) is 1. The fourth-order valence-electron chi connectivity index (χ4n) is 2.25. The number of rotatable bonds is 4. The lowest BCUT2D eigenvalue weighted by Gasteiger charge is -2.40. The summed E-state index contributed by atoms with van der Waals surface area (Å²) in [6, 6.07) is 4.15. The van der Waals surface area contributed by atoms with Crippen LogP contribution in [0.15, 0.2) is 18.2 Å². The molecule has 1 aromatic rings. The molecule has 0 unspecified atom stereocenters. The molecule has 1 heterocycles. The number of hydrogen-bond acceptors (Lipinski definition) is 8. The normalized spacial score (nSPS) is 31.8. The molecule has 9 nitrogen and oxygen atoms in total. The van der Waals surface area contributed by atoms with E-state index in [4.69, 9.17) is 9.84 Å². The van der Waals surface area contributed by atoms with E-state index in [2.05, 4.69) is 5.32 Å². The zero-order valence-corrected chi connectivity index (χ0v) is 11.8. The van der Waals surface area contributed by atoms with Gasteiger partial charge in [-0.1, -0.05) is 6.07 Å². The second kappa shape index (κ2) is 6.55. The average molecular weight is 314 g/mol. The van der Waals surface area contributed by atoms with Crippen LogP contribution in [0.3, 0.4) is 0 Å². The Morgan fingerprint density at radius 3 is 2.55 bits per heavy atom. The Labute approximate surface area is 125 Å². The maximum absolute atomic E-state index is 10.8. The molecule has 122 valence electrons. The average Bonchev–Trinajstić information content (AvgIpc) is 2.49. The van der Waals surface area contributed by atoms with Gasteiger partial charge in [0, 0.05) is 17.8 Å². The summed E-state index contributed by atoms with van der Waals surface area (Å²) in [5.41, 5.74) is 0.874. The van der Waals surface area contributed by atoms with E-state index in [0.29, 0.717) is 11.3 Å². The molecule has 0 spiro atoms. The Kier molecular flexibility index (Phi) is 4.94. The molecule has 0 radical (unpaired) electrons. The molecule has 9 heteroatoms. The van der Waals surface area contributed by atoms with Crippen molar-refractivity contribution in [1.29, 1.82) is 0 Å². The van der Waals surface area contributed by atoms with E-state index >= 15 is 0 Å². The smallest absolute Gasteiger partial charge is 0.271 e. The van der Waals surface area contributed by atoms with Gasteiger partial charge in [-0.3, -0.25) is 10.1 Å². The minimum atomic E-state index is -1.51. The van der Waals surface area contributed by atoms with Gasteiger partial charge in [0.1, 0.15) is 24.4 Å². The van der Waals surface area contributed by atoms with Crippen molar-refractivity contribution >= 4 is 11.4 Å². The Balaban J connectivity index is 2.22. The first-order valence-electron chi connectivity index (χ1n) is 6.67. The van der Waals surface area contributed by atoms with Crippen LogP contribution in [0.2, 0.25) is 0 Å². The molecule has 0 aliphatic carbocycles. The summed E-state index contributed by atoms with van der Waals surface area (Å²) in [4.78, 5) is 10.2. The summed E-state index contributed by atoms with van der Waals surface area (Å²) < 4.78 is 5.30. The van der Waals surface area contributed by atoms with Crippen molar-refractivity contribution in [1.82, 2.24) is 0 Å². The molecule has 0 aromatic heterocycles. The molecule has 0 saturated carbocycles.